The molecule has 1 aromatic rings. The maximum Gasteiger partial charge on any atom is 0.287 e. The van der Waals surface area contributed by atoms with Crippen molar-refractivity contribution < 1.29 is 14.0 Å². The molecule has 2 unspecified atom stereocenters. The highest BCUT2D eigenvalue weighted by Crippen LogP contribution is 2.05. The molecule has 1 heterocycles. The van der Waals surface area contributed by atoms with E-state index in [9.17, 15) is 9.59 Å². The lowest BCUT2D eigenvalue weighted by atomic mass is 10.0. The van der Waals surface area contributed by atoms with Gasteiger partial charge in [0.15, 0.2) is 5.76 Å². The van der Waals surface area contributed by atoms with Crippen LogP contribution in [0.15, 0.2) is 22.8 Å². The molecule has 0 aliphatic carbocycles. The van der Waals surface area contributed by atoms with E-state index in [1.807, 2.05) is 27.8 Å². The van der Waals surface area contributed by atoms with Crippen molar-refractivity contribution in [2.24, 2.45) is 5.92 Å². The molecule has 120 valence electrons. The molecule has 0 saturated carbocycles. The number of rotatable bonds is 7. The minimum atomic E-state index is -0.586. The number of hydrogen-bond acceptors (Lipinski definition) is 4. The quantitative estimate of drug-likeness (QED) is 0.705. The molecule has 6 nitrogen and oxygen atoms in total. The van der Waals surface area contributed by atoms with Crippen LogP contribution in [0.25, 0.3) is 0 Å². The number of likely N-dealkylation sites (N-methyl/N-ethyl adjacent to an activating group) is 1. The molecule has 0 fully saturated rings. The van der Waals surface area contributed by atoms with Crippen LogP contribution < -0.4 is 16.0 Å². The highest BCUT2D eigenvalue weighted by molar-refractivity contribution is 5.95. The van der Waals surface area contributed by atoms with Crippen molar-refractivity contribution in [1.29, 1.82) is 0 Å². The fraction of sp³-hybridized carbons (Fsp3) is 0.571. The zero-order valence-electron chi connectivity index (χ0n) is 12.8. The first kappa shape index (κ1) is 19.5. The lowest BCUT2D eigenvalue weighted by Gasteiger charge is -2.22. The second-order valence-electron chi connectivity index (χ2n) is 5.11. The SMILES string of the molecule is CNC(C)CNC(=O)C(NC(=O)c1ccco1)C(C)C.Cl. The van der Waals surface area contributed by atoms with Crippen molar-refractivity contribution in [2.45, 2.75) is 32.9 Å². The highest BCUT2D eigenvalue weighted by Gasteiger charge is 2.25. The first-order chi connectivity index (χ1) is 9.45. The second-order valence-corrected chi connectivity index (χ2v) is 5.11. The average molecular weight is 318 g/mol. The largest absolute Gasteiger partial charge is 0.459 e. The molecule has 0 aromatic carbocycles. The summed E-state index contributed by atoms with van der Waals surface area (Å²) in [5, 5.41) is 8.55. The molecule has 7 heteroatoms. The summed E-state index contributed by atoms with van der Waals surface area (Å²) in [6.45, 7) is 6.24. The van der Waals surface area contributed by atoms with Crippen LogP contribution in [0.2, 0.25) is 0 Å². The van der Waals surface area contributed by atoms with E-state index in [-0.39, 0.29) is 41.9 Å². The Balaban J connectivity index is 0.00000400. The van der Waals surface area contributed by atoms with Crippen molar-refractivity contribution >= 4 is 24.2 Å². The number of hydrogen-bond donors (Lipinski definition) is 3. The Bertz CT molecular complexity index is 435. The monoisotopic (exact) mass is 317 g/mol. The summed E-state index contributed by atoms with van der Waals surface area (Å²) in [4.78, 5) is 24.0. The normalized spacial score (nSPS) is 13.2. The Morgan fingerprint density at radius 1 is 1.29 bits per heavy atom. The van der Waals surface area contributed by atoms with E-state index in [2.05, 4.69) is 16.0 Å². The van der Waals surface area contributed by atoms with Gasteiger partial charge in [-0.25, -0.2) is 0 Å². The van der Waals surface area contributed by atoms with Gasteiger partial charge in [-0.2, -0.15) is 0 Å². The Morgan fingerprint density at radius 3 is 2.43 bits per heavy atom. The van der Waals surface area contributed by atoms with Crippen LogP contribution in [-0.4, -0.2) is 37.5 Å². The van der Waals surface area contributed by atoms with Gasteiger partial charge in [-0.15, -0.1) is 12.4 Å². The van der Waals surface area contributed by atoms with Crippen LogP contribution in [0, 0.1) is 5.92 Å². The van der Waals surface area contributed by atoms with Crippen molar-refractivity contribution in [3.63, 3.8) is 0 Å². The maximum atomic E-state index is 12.1. The summed E-state index contributed by atoms with van der Waals surface area (Å²) in [5.41, 5.74) is 0. The Labute approximate surface area is 131 Å². The smallest absolute Gasteiger partial charge is 0.287 e. The molecule has 0 spiro atoms. The summed E-state index contributed by atoms with van der Waals surface area (Å²) < 4.78 is 5.02. The molecule has 21 heavy (non-hydrogen) atoms. The van der Waals surface area contributed by atoms with Crippen LogP contribution in [-0.2, 0) is 4.79 Å². The minimum absolute atomic E-state index is 0. The van der Waals surface area contributed by atoms with Crippen molar-refractivity contribution in [3.8, 4) is 0 Å². The van der Waals surface area contributed by atoms with E-state index in [0.717, 1.165) is 0 Å². The highest BCUT2D eigenvalue weighted by atomic mass is 35.5. The zero-order chi connectivity index (χ0) is 15.1. The van der Waals surface area contributed by atoms with Gasteiger partial charge in [0.2, 0.25) is 5.91 Å². The van der Waals surface area contributed by atoms with E-state index >= 15 is 0 Å². The fourth-order valence-electron chi connectivity index (χ4n) is 1.62. The van der Waals surface area contributed by atoms with Gasteiger partial charge in [-0.3, -0.25) is 9.59 Å². The van der Waals surface area contributed by atoms with Gasteiger partial charge in [-0.1, -0.05) is 13.8 Å². The van der Waals surface area contributed by atoms with Crippen molar-refractivity contribution in [2.75, 3.05) is 13.6 Å². The average Bonchev–Trinajstić information content (AvgIpc) is 2.95. The zero-order valence-corrected chi connectivity index (χ0v) is 13.6. The van der Waals surface area contributed by atoms with Gasteiger partial charge in [0.1, 0.15) is 6.04 Å². The first-order valence-electron chi connectivity index (χ1n) is 6.75. The second kappa shape index (κ2) is 9.41. The number of nitrogens with one attached hydrogen (secondary N) is 3. The number of halogens is 1. The summed E-state index contributed by atoms with van der Waals surface area (Å²) in [6, 6.07) is 2.78. The molecule has 0 aliphatic rings. The van der Waals surface area contributed by atoms with E-state index in [0.29, 0.717) is 6.54 Å². The van der Waals surface area contributed by atoms with Gasteiger partial charge >= 0.3 is 0 Å². The summed E-state index contributed by atoms with van der Waals surface area (Å²) >= 11 is 0. The predicted octanol–water partition coefficient (Wildman–Crippen LogP) is 1.18. The van der Waals surface area contributed by atoms with Gasteiger partial charge < -0.3 is 20.4 Å². The fourth-order valence-corrected chi connectivity index (χ4v) is 1.62. The molecule has 2 amide bonds. The molecule has 2 atom stereocenters. The van der Waals surface area contributed by atoms with Gasteiger partial charge in [0.05, 0.1) is 6.26 Å². The van der Waals surface area contributed by atoms with Crippen molar-refractivity contribution in [1.82, 2.24) is 16.0 Å². The summed E-state index contributed by atoms with van der Waals surface area (Å²) in [6.07, 6.45) is 1.42. The molecule has 1 aromatic heterocycles. The molecule has 0 aliphatic heterocycles. The molecular weight excluding hydrogens is 294 g/mol. The molecule has 1 rings (SSSR count). The number of carbonyl (C=O) groups excluding carboxylic acids is 2. The summed E-state index contributed by atoms with van der Waals surface area (Å²) in [5.74, 6) is -0.390. The minimum Gasteiger partial charge on any atom is -0.459 e. The number of furan rings is 1. The predicted molar refractivity (Wildman–Crippen MR) is 83.6 cm³/mol. The van der Waals surface area contributed by atoms with E-state index in [1.54, 1.807) is 12.1 Å². The van der Waals surface area contributed by atoms with Crippen LogP contribution in [0.4, 0.5) is 0 Å². The Morgan fingerprint density at radius 2 is 1.95 bits per heavy atom. The van der Waals surface area contributed by atoms with Crippen LogP contribution in [0.3, 0.4) is 0 Å². The van der Waals surface area contributed by atoms with Gasteiger partial charge in [-0.05, 0) is 32.0 Å². The molecule has 0 bridgehead atoms. The molecule has 0 radical (unpaired) electrons. The van der Waals surface area contributed by atoms with Gasteiger partial charge in [0.25, 0.3) is 5.91 Å². The lowest BCUT2D eigenvalue weighted by Crippen LogP contribution is -2.51. The Hall–Kier alpha value is -1.53. The third kappa shape index (κ3) is 6.18. The topological polar surface area (TPSA) is 83.4 Å². The van der Waals surface area contributed by atoms with Crippen LogP contribution in [0.1, 0.15) is 31.3 Å². The third-order valence-electron chi connectivity index (χ3n) is 3.06. The lowest BCUT2D eigenvalue weighted by molar-refractivity contribution is -0.124. The summed E-state index contributed by atoms with van der Waals surface area (Å²) in [7, 11) is 1.83. The molecule has 3 N–H and O–H groups in total. The molecule has 0 saturated heterocycles. The maximum absolute atomic E-state index is 12.1. The number of amides is 2. The number of carbonyl (C=O) groups is 2. The molecular formula is C14H24ClN3O3. The first-order valence-corrected chi connectivity index (χ1v) is 6.75. The van der Waals surface area contributed by atoms with E-state index < -0.39 is 6.04 Å². The Kier molecular flexibility index (Phi) is 8.73. The van der Waals surface area contributed by atoms with E-state index in [1.165, 1.54) is 6.26 Å². The van der Waals surface area contributed by atoms with Crippen molar-refractivity contribution in [3.05, 3.63) is 24.2 Å². The van der Waals surface area contributed by atoms with E-state index in [4.69, 9.17) is 4.42 Å². The van der Waals surface area contributed by atoms with Crippen LogP contribution >= 0.6 is 12.4 Å². The third-order valence-corrected chi connectivity index (χ3v) is 3.06. The standard InChI is InChI=1S/C14H23N3O3.ClH/c1-9(2)12(14(19)16-8-10(3)15-4)17-13(18)11-6-5-7-20-11;/h5-7,9-10,12,15H,8H2,1-4H3,(H,16,19)(H,17,18);1H. The van der Waals surface area contributed by atoms with Crippen LogP contribution in [0.5, 0.6) is 0 Å². The van der Waals surface area contributed by atoms with Gasteiger partial charge in [0, 0.05) is 12.6 Å².